The van der Waals surface area contributed by atoms with Crippen molar-refractivity contribution in [2.75, 3.05) is 13.7 Å². The maximum Gasteiger partial charge on any atom is 0.0931 e. The van der Waals surface area contributed by atoms with Crippen LogP contribution in [0.3, 0.4) is 0 Å². The van der Waals surface area contributed by atoms with Crippen LogP contribution in [0.25, 0.3) is 0 Å². The Hall–Kier alpha value is -0.0900. The molecule has 0 spiro atoms. The summed E-state index contributed by atoms with van der Waals surface area (Å²) < 4.78 is 6.95. The lowest BCUT2D eigenvalue weighted by Gasteiger charge is -2.39. The van der Waals surface area contributed by atoms with Gasteiger partial charge in [0, 0.05) is 12.0 Å². The number of nitrogens with one attached hydrogen (secondary N) is 1. The highest BCUT2D eigenvalue weighted by Crippen LogP contribution is 2.42. The molecule has 1 aliphatic carbocycles. The van der Waals surface area contributed by atoms with Crippen molar-refractivity contribution in [3.8, 4) is 0 Å². The fraction of sp³-hybridized carbons (Fsp3) is 0.750. The molecule has 1 aliphatic rings. The number of thiophene rings is 1. The maximum atomic E-state index is 6.15. The summed E-state index contributed by atoms with van der Waals surface area (Å²) in [6.45, 7) is 3.23. The lowest BCUT2D eigenvalue weighted by molar-refractivity contribution is -0.0531. The molecule has 1 atom stereocenters. The van der Waals surface area contributed by atoms with E-state index in [0.717, 1.165) is 30.1 Å². The van der Waals surface area contributed by atoms with Crippen LogP contribution in [0.15, 0.2) is 12.1 Å². The standard InChI is InChI=1S/C16H26ClNOS/c1-3-12-18-15(13-8-9-14(17)20-13)16(19-2)10-6-4-5-7-11-16/h8-9,15,18H,3-7,10-12H2,1-2H3. The summed E-state index contributed by atoms with van der Waals surface area (Å²) in [4.78, 5) is 1.31. The van der Waals surface area contributed by atoms with Gasteiger partial charge < -0.3 is 10.1 Å². The average molecular weight is 316 g/mol. The molecule has 0 saturated heterocycles. The SMILES string of the molecule is CCCNC(c1ccc(Cl)s1)C1(OC)CCCCCC1. The fourth-order valence-corrected chi connectivity index (χ4v) is 4.50. The van der Waals surface area contributed by atoms with E-state index >= 15 is 0 Å². The lowest BCUT2D eigenvalue weighted by Crippen LogP contribution is -2.45. The highest BCUT2D eigenvalue weighted by atomic mass is 35.5. The van der Waals surface area contributed by atoms with Gasteiger partial charge in [0.15, 0.2) is 0 Å². The molecule has 0 aliphatic heterocycles. The minimum absolute atomic E-state index is 0.0696. The topological polar surface area (TPSA) is 21.3 Å². The second-order valence-corrected chi connectivity index (χ2v) is 7.46. The Kier molecular flexibility index (Phi) is 6.34. The number of halogens is 1. The normalized spacial score (nSPS) is 20.6. The van der Waals surface area contributed by atoms with Gasteiger partial charge in [0.25, 0.3) is 0 Å². The van der Waals surface area contributed by atoms with Gasteiger partial charge >= 0.3 is 0 Å². The summed E-state index contributed by atoms with van der Waals surface area (Å²) >= 11 is 7.83. The van der Waals surface area contributed by atoms with Crippen LogP contribution in [-0.4, -0.2) is 19.3 Å². The Labute approximate surface area is 131 Å². The molecule has 2 rings (SSSR count). The number of methoxy groups -OCH3 is 1. The monoisotopic (exact) mass is 315 g/mol. The third-order valence-corrected chi connectivity index (χ3v) is 5.66. The predicted octanol–water partition coefficient (Wildman–Crippen LogP) is 5.18. The highest BCUT2D eigenvalue weighted by molar-refractivity contribution is 7.16. The van der Waals surface area contributed by atoms with Crippen molar-refractivity contribution in [1.82, 2.24) is 5.32 Å². The van der Waals surface area contributed by atoms with E-state index in [1.54, 1.807) is 11.3 Å². The van der Waals surface area contributed by atoms with E-state index in [9.17, 15) is 0 Å². The third-order valence-electron chi connectivity index (χ3n) is 4.36. The van der Waals surface area contributed by atoms with Gasteiger partial charge in [-0.05, 0) is 37.9 Å². The van der Waals surface area contributed by atoms with E-state index in [-0.39, 0.29) is 11.6 Å². The zero-order chi connectivity index (χ0) is 14.4. The summed E-state index contributed by atoms with van der Waals surface area (Å²) in [5, 5.41) is 3.72. The molecule has 1 saturated carbocycles. The molecule has 1 aromatic heterocycles. The fourth-order valence-electron chi connectivity index (χ4n) is 3.26. The van der Waals surface area contributed by atoms with Crippen LogP contribution >= 0.6 is 22.9 Å². The van der Waals surface area contributed by atoms with E-state index in [4.69, 9.17) is 16.3 Å². The van der Waals surface area contributed by atoms with Crippen LogP contribution in [-0.2, 0) is 4.74 Å². The van der Waals surface area contributed by atoms with Crippen molar-refractivity contribution in [2.45, 2.75) is 63.5 Å². The summed E-state index contributed by atoms with van der Waals surface area (Å²) in [6, 6.07) is 4.43. The first kappa shape index (κ1) is 16.3. The van der Waals surface area contributed by atoms with Crippen molar-refractivity contribution in [3.05, 3.63) is 21.3 Å². The van der Waals surface area contributed by atoms with Gasteiger partial charge in [-0.15, -0.1) is 11.3 Å². The molecule has 20 heavy (non-hydrogen) atoms. The maximum absolute atomic E-state index is 6.15. The Morgan fingerprint density at radius 1 is 1.30 bits per heavy atom. The molecule has 1 N–H and O–H groups in total. The van der Waals surface area contributed by atoms with E-state index in [1.165, 1.54) is 30.6 Å². The van der Waals surface area contributed by atoms with Gasteiger partial charge in [0.05, 0.1) is 16.0 Å². The van der Waals surface area contributed by atoms with Gasteiger partial charge in [-0.1, -0.05) is 44.2 Å². The summed E-state index contributed by atoms with van der Waals surface area (Å²) in [5.41, 5.74) is -0.0696. The van der Waals surface area contributed by atoms with E-state index in [0.29, 0.717) is 0 Å². The molecule has 0 aromatic carbocycles. The van der Waals surface area contributed by atoms with Crippen LogP contribution in [0.2, 0.25) is 4.34 Å². The molecular weight excluding hydrogens is 290 g/mol. The second-order valence-electron chi connectivity index (χ2n) is 5.71. The summed E-state index contributed by atoms with van der Waals surface area (Å²) in [7, 11) is 1.88. The van der Waals surface area contributed by atoms with Gasteiger partial charge in [-0.3, -0.25) is 0 Å². The molecule has 1 aromatic rings. The van der Waals surface area contributed by atoms with Gasteiger partial charge in [0.2, 0.25) is 0 Å². The van der Waals surface area contributed by atoms with Crippen molar-refractivity contribution in [1.29, 1.82) is 0 Å². The van der Waals surface area contributed by atoms with Gasteiger partial charge in [-0.2, -0.15) is 0 Å². The van der Waals surface area contributed by atoms with Crippen molar-refractivity contribution < 1.29 is 4.74 Å². The molecule has 1 heterocycles. The number of hydrogen-bond acceptors (Lipinski definition) is 3. The van der Waals surface area contributed by atoms with Crippen molar-refractivity contribution >= 4 is 22.9 Å². The third kappa shape index (κ3) is 3.76. The summed E-state index contributed by atoms with van der Waals surface area (Å²) in [5.74, 6) is 0. The minimum Gasteiger partial charge on any atom is -0.376 e. The number of rotatable bonds is 6. The van der Waals surface area contributed by atoms with E-state index < -0.39 is 0 Å². The predicted molar refractivity (Wildman–Crippen MR) is 87.8 cm³/mol. The first-order valence-corrected chi connectivity index (χ1v) is 8.95. The summed E-state index contributed by atoms with van der Waals surface area (Å²) in [6.07, 6.45) is 8.60. The second kappa shape index (κ2) is 7.79. The zero-order valence-corrected chi connectivity index (χ0v) is 14.2. The van der Waals surface area contributed by atoms with Gasteiger partial charge in [0.1, 0.15) is 0 Å². The molecule has 0 bridgehead atoms. The number of hydrogen-bond donors (Lipinski definition) is 1. The molecule has 4 heteroatoms. The molecule has 0 radical (unpaired) electrons. The minimum atomic E-state index is -0.0696. The van der Waals surface area contributed by atoms with E-state index in [2.05, 4.69) is 18.3 Å². The van der Waals surface area contributed by atoms with Crippen LogP contribution in [0.5, 0.6) is 0 Å². The largest absolute Gasteiger partial charge is 0.376 e. The highest BCUT2D eigenvalue weighted by Gasteiger charge is 2.40. The molecule has 1 unspecified atom stereocenters. The van der Waals surface area contributed by atoms with E-state index in [1.807, 2.05) is 13.2 Å². The van der Waals surface area contributed by atoms with Gasteiger partial charge in [-0.25, -0.2) is 0 Å². The quantitative estimate of drug-likeness (QED) is 0.730. The number of ether oxygens (including phenoxy) is 1. The Morgan fingerprint density at radius 3 is 2.50 bits per heavy atom. The molecular formula is C16H26ClNOS. The van der Waals surface area contributed by atoms with Crippen molar-refractivity contribution in [3.63, 3.8) is 0 Å². The lowest BCUT2D eigenvalue weighted by atomic mass is 9.85. The zero-order valence-electron chi connectivity index (χ0n) is 12.6. The average Bonchev–Trinajstić information content (AvgIpc) is 2.75. The molecule has 2 nitrogen and oxygen atoms in total. The molecule has 114 valence electrons. The van der Waals surface area contributed by atoms with Crippen LogP contribution in [0, 0.1) is 0 Å². The first-order valence-electron chi connectivity index (χ1n) is 7.75. The Morgan fingerprint density at radius 2 is 2.00 bits per heavy atom. The Bertz CT molecular complexity index is 399. The Balaban J connectivity index is 2.26. The van der Waals surface area contributed by atoms with Crippen LogP contribution in [0.1, 0.15) is 62.8 Å². The first-order chi connectivity index (χ1) is 9.72. The van der Waals surface area contributed by atoms with Crippen LogP contribution < -0.4 is 5.32 Å². The van der Waals surface area contributed by atoms with Crippen LogP contribution in [0.4, 0.5) is 0 Å². The smallest absolute Gasteiger partial charge is 0.0931 e. The molecule has 1 fully saturated rings. The molecule has 0 amide bonds. The van der Waals surface area contributed by atoms with Crippen molar-refractivity contribution in [2.24, 2.45) is 0 Å².